The number of amides is 4. The lowest BCUT2D eigenvalue weighted by Gasteiger charge is -2.30. The number of aryl methyl sites for hydroxylation is 1. The van der Waals surface area contributed by atoms with Gasteiger partial charge in [-0.25, -0.2) is 9.78 Å². The molecule has 4 amide bonds. The summed E-state index contributed by atoms with van der Waals surface area (Å²) in [5.41, 5.74) is 2.35. The predicted molar refractivity (Wildman–Crippen MR) is 128 cm³/mol. The fourth-order valence-corrected chi connectivity index (χ4v) is 6.23. The largest absolute Gasteiger partial charge is 0.344 e. The third-order valence-electron chi connectivity index (χ3n) is 6.54. The summed E-state index contributed by atoms with van der Waals surface area (Å²) >= 11 is 2.54. The van der Waals surface area contributed by atoms with Gasteiger partial charge in [0.25, 0.3) is 11.5 Å². The van der Waals surface area contributed by atoms with Crippen LogP contribution in [-0.2, 0) is 16.0 Å². The number of fused-ring (bicyclic) bond motifs is 1. The molecule has 3 N–H and O–H groups in total. The van der Waals surface area contributed by atoms with Gasteiger partial charge in [-0.2, -0.15) is 5.01 Å². The number of imide groups is 1. The van der Waals surface area contributed by atoms with Crippen molar-refractivity contribution in [3.63, 3.8) is 0 Å². The Kier molecular flexibility index (Phi) is 6.81. The van der Waals surface area contributed by atoms with Gasteiger partial charge in [0.15, 0.2) is 5.16 Å². The quantitative estimate of drug-likeness (QED) is 0.310. The van der Waals surface area contributed by atoms with Crippen molar-refractivity contribution in [3.05, 3.63) is 20.8 Å². The maximum absolute atomic E-state index is 12.8. The Labute approximate surface area is 200 Å². The molecule has 1 spiro atoms. The van der Waals surface area contributed by atoms with Crippen molar-refractivity contribution in [1.29, 1.82) is 0 Å². The number of aromatic amines is 1. The average Bonchev–Trinajstić information content (AvgIpc) is 3.21. The van der Waals surface area contributed by atoms with E-state index in [1.165, 1.54) is 11.3 Å². The predicted octanol–water partition coefficient (Wildman–Crippen LogP) is 3.26. The first-order chi connectivity index (χ1) is 15.7. The lowest BCUT2D eigenvalue weighted by Crippen LogP contribution is -2.51. The first-order valence-electron chi connectivity index (χ1n) is 11.4. The second kappa shape index (κ2) is 9.46. The van der Waals surface area contributed by atoms with E-state index in [0.29, 0.717) is 34.1 Å². The molecule has 1 atom stereocenters. The van der Waals surface area contributed by atoms with E-state index in [1.807, 2.05) is 6.92 Å². The zero-order chi connectivity index (χ0) is 23.8. The number of nitrogens with zero attached hydrogens (tertiary/aromatic N) is 2. The molecule has 178 valence electrons. The molecule has 2 aromatic rings. The molecular formula is C22H29N5O4S2. The van der Waals surface area contributed by atoms with Crippen LogP contribution in [0.3, 0.4) is 0 Å². The fourth-order valence-electron chi connectivity index (χ4n) is 4.47. The van der Waals surface area contributed by atoms with Gasteiger partial charge in [-0.1, -0.05) is 51.3 Å². The van der Waals surface area contributed by atoms with Crippen molar-refractivity contribution in [1.82, 2.24) is 25.7 Å². The highest BCUT2D eigenvalue weighted by Crippen LogP contribution is 2.33. The third-order valence-corrected chi connectivity index (χ3v) is 8.45. The van der Waals surface area contributed by atoms with Crippen LogP contribution in [-0.4, -0.2) is 44.1 Å². The van der Waals surface area contributed by atoms with E-state index in [-0.39, 0.29) is 11.3 Å². The van der Waals surface area contributed by atoms with E-state index in [1.54, 1.807) is 0 Å². The van der Waals surface area contributed by atoms with Crippen molar-refractivity contribution >= 4 is 51.2 Å². The van der Waals surface area contributed by atoms with Gasteiger partial charge in [0.2, 0.25) is 5.91 Å². The monoisotopic (exact) mass is 491 g/mol. The van der Waals surface area contributed by atoms with E-state index in [2.05, 4.69) is 34.6 Å². The van der Waals surface area contributed by atoms with E-state index in [9.17, 15) is 19.2 Å². The van der Waals surface area contributed by atoms with Gasteiger partial charge in [0, 0.05) is 4.88 Å². The molecule has 3 heterocycles. The van der Waals surface area contributed by atoms with Gasteiger partial charge >= 0.3 is 6.03 Å². The highest BCUT2D eigenvalue weighted by molar-refractivity contribution is 7.99. The second-order valence-electron chi connectivity index (χ2n) is 8.94. The van der Waals surface area contributed by atoms with Crippen LogP contribution in [0.4, 0.5) is 4.79 Å². The molecule has 9 nitrogen and oxygen atoms in total. The lowest BCUT2D eigenvalue weighted by atomic mass is 9.82. The summed E-state index contributed by atoms with van der Waals surface area (Å²) in [6, 6.07) is -0.601. The fraction of sp³-hybridized carbons (Fsp3) is 0.591. The first kappa shape index (κ1) is 23.7. The number of hydrogen-bond acceptors (Lipinski definition) is 7. The molecule has 1 saturated heterocycles. The van der Waals surface area contributed by atoms with Crippen LogP contribution < -0.4 is 16.3 Å². The number of rotatable bonds is 7. The van der Waals surface area contributed by atoms with E-state index in [4.69, 9.17) is 0 Å². The Hall–Kier alpha value is -2.40. The van der Waals surface area contributed by atoms with Crippen LogP contribution >= 0.6 is 23.1 Å². The van der Waals surface area contributed by atoms with Crippen LogP contribution in [0, 0.1) is 12.8 Å². The van der Waals surface area contributed by atoms with Crippen LogP contribution in [0.1, 0.15) is 62.8 Å². The molecule has 4 rings (SSSR count). The molecule has 0 radical (unpaired) electrons. The van der Waals surface area contributed by atoms with Crippen molar-refractivity contribution in [2.75, 3.05) is 5.75 Å². The lowest BCUT2D eigenvalue weighted by molar-refractivity contribution is -0.139. The minimum absolute atomic E-state index is 0.0947. The number of nitrogens with one attached hydrogen (secondary N) is 3. The SMILES string of the molecule is CCC(C)Cc1c(C)sc2nc(SCC(=O)NN3C(=O)NC4(CCCCC4)C3=O)[nH]c(=O)c12. The van der Waals surface area contributed by atoms with Crippen molar-refractivity contribution in [3.8, 4) is 0 Å². The second-order valence-corrected chi connectivity index (χ2v) is 11.1. The van der Waals surface area contributed by atoms with Crippen molar-refractivity contribution in [2.45, 2.75) is 76.4 Å². The summed E-state index contributed by atoms with van der Waals surface area (Å²) in [5.74, 6) is -0.542. The summed E-state index contributed by atoms with van der Waals surface area (Å²) in [4.78, 5) is 59.4. The molecule has 1 saturated carbocycles. The van der Waals surface area contributed by atoms with Crippen LogP contribution in [0.15, 0.2) is 9.95 Å². The Morgan fingerprint density at radius 2 is 2.00 bits per heavy atom. The summed E-state index contributed by atoms with van der Waals surface area (Å²) in [6.45, 7) is 6.29. The van der Waals surface area contributed by atoms with Crippen LogP contribution in [0.2, 0.25) is 0 Å². The van der Waals surface area contributed by atoms with Gasteiger partial charge in [0.05, 0.1) is 11.1 Å². The summed E-state index contributed by atoms with van der Waals surface area (Å²) in [7, 11) is 0. The molecule has 0 aromatic carbocycles. The molecular weight excluding hydrogens is 462 g/mol. The van der Waals surface area contributed by atoms with E-state index in [0.717, 1.165) is 59.3 Å². The first-order valence-corrected chi connectivity index (χ1v) is 13.2. The maximum atomic E-state index is 12.8. The zero-order valence-electron chi connectivity index (χ0n) is 19.1. The number of hydrazine groups is 1. The number of urea groups is 1. The molecule has 2 aliphatic rings. The molecule has 2 aromatic heterocycles. The number of H-pyrrole nitrogens is 1. The van der Waals surface area contributed by atoms with Gasteiger partial charge in [-0.3, -0.25) is 19.8 Å². The highest BCUT2D eigenvalue weighted by Gasteiger charge is 2.52. The molecule has 1 unspecified atom stereocenters. The van der Waals surface area contributed by atoms with Crippen LogP contribution in [0.5, 0.6) is 0 Å². The summed E-state index contributed by atoms with van der Waals surface area (Å²) in [6.07, 6.45) is 5.80. The van der Waals surface area contributed by atoms with E-state index >= 15 is 0 Å². The standard InChI is InChI=1S/C22H29N5O4S2/c1-4-12(2)10-14-13(3)33-18-16(14)17(29)23-20(24-18)32-11-15(28)26-27-19(30)22(25-21(27)31)8-6-5-7-9-22/h12H,4-11H2,1-3H3,(H,25,31)(H,26,28)(H,23,24,29). The molecule has 0 bridgehead atoms. The van der Waals surface area contributed by atoms with Gasteiger partial charge in [-0.05, 0) is 37.7 Å². The number of hydrogen-bond donors (Lipinski definition) is 3. The minimum Gasteiger partial charge on any atom is -0.322 e. The molecule has 2 fully saturated rings. The topological polar surface area (TPSA) is 124 Å². The smallest absolute Gasteiger partial charge is 0.322 e. The number of carbonyl (C=O) groups is 3. The molecule has 1 aliphatic heterocycles. The highest BCUT2D eigenvalue weighted by atomic mass is 32.2. The average molecular weight is 492 g/mol. The van der Waals surface area contributed by atoms with Crippen LogP contribution in [0.25, 0.3) is 10.2 Å². The molecule has 11 heteroatoms. The summed E-state index contributed by atoms with van der Waals surface area (Å²) < 4.78 is 0. The van der Waals surface area contributed by atoms with Gasteiger partial charge in [-0.15, -0.1) is 11.3 Å². The number of carbonyl (C=O) groups excluding carboxylic acids is 3. The normalized spacial score (nSPS) is 18.7. The van der Waals surface area contributed by atoms with Crippen molar-refractivity contribution < 1.29 is 14.4 Å². The van der Waals surface area contributed by atoms with Crippen molar-refractivity contribution in [2.24, 2.45) is 5.92 Å². The third kappa shape index (κ3) is 4.65. The zero-order valence-corrected chi connectivity index (χ0v) is 20.7. The Morgan fingerprint density at radius 1 is 1.27 bits per heavy atom. The molecule has 33 heavy (non-hydrogen) atoms. The van der Waals surface area contributed by atoms with Gasteiger partial charge < -0.3 is 10.3 Å². The number of aromatic nitrogens is 2. The Bertz CT molecular complexity index is 1150. The summed E-state index contributed by atoms with van der Waals surface area (Å²) in [5, 5.41) is 4.51. The number of thioether (sulfide) groups is 1. The van der Waals surface area contributed by atoms with E-state index < -0.39 is 23.4 Å². The van der Waals surface area contributed by atoms with Gasteiger partial charge in [0.1, 0.15) is 10.4 Å². The number of thiophene rings is 1. The maximum Gasteiger partial charge on any atom is 0.344 e. The molecule has 1 aliphatic carbocycles. The Balaban J connectivity index is 1.42. The Morgan fingerprint density at radius 3 is 2.70 bits per heavy atom. The minimum atomic E-state index is -0.891.